The molecule has 2 aromatic carbocycles. The van der Waals surface area contributed by atoms with Gasteiger partial charge in [0.2, 0.25) is 5.75 Å². The highest BCUT2D eigenvalue weighted by Gasteiger charge is 2.14. The van der Waals surface area contributed by atoms with Gasteiger partial charge >= 0.3 is 0 Å². The Kier molecular flexibility index (Phi) is 6.34. The molecule has 26 heavy (non-hydrogen) atoms. The van der Waals surface area contributed by atoms with E-state index in [1.807, 2.05) is 6.07 Å². The van der Waals surface area contributed by atoms with Gasteiger partial charge in [0, 0.05) is 5.69 Å². The van der Waals surface area contributed by atoms with E-state index in [0.717, 1.165) is 0 Å². The van der Waals surface area contributed by atoms with Gasteiger partial charge < -0.3 is 19.9 Å². The second kappa shape index (κ2) is 8.48. The number of rotatable bonds is 5. The van der Waals surface area contributed by atoms with Crippen LogP contribution in [0.15, 0.2) is 35.9 Å². The number of amides is 1. The van der Waals surface area contributed by atoms with E-state index in [2.05, 4.69) is 5.32 Å². The van der Waals surface area contributed by atoms with Gasteiger partial charge in [-0.2, -0.15) is 5.26 Å². The lowest BCUT2D eigenvalue weighted by Crippen LogP contribution is -2.13. The molecule has 0 fully saturated rings. The van der Waals surface area contributed by atoms with Crippen LogP contribution in [0.4, 0.5) is 5.69 Å². The number of carbonyl (C=O) groups is 1. The zero-order chi connectivity index (χ0) is 19.3. The van der Waals surface area contributed by atoms with Gasteiger partial charge in [0.25, 0.3) is 5.91 Å². The van der Waals surface area contributed by atoms with Crippen molar-refractivity contribution in [3.8, 4) is 23.3 Å². The molecular formula is C18H14Cl2N2O4. The molecule has 0 aromatic heterocycles. The Bertz CT molecular complexity index is 895. The van der Waals surface area contributed by atoms with Crippen LogP contribution in [-0.2, 0) is 4.79 Å². The number of nitriles is 1. The Labute approximate surface area is 160 Å². The Morgan fingerprint density at radius 3 is 2.27 bits per heavy atom. The van der Waals surface area contributed by atoms with E-state index < -0.39 is 5.91 Å². The van der Waals surface area contributed by atoms with Gasteiger partial charge in [-0.15, -0.1) is 0 Å². The molecule has 6 nitrogen and oxygen atoms in total. The van der Waals surface area contributed by atoms with E-state index in [0.29, 0.717) is 16.3 Å². The molecule has 0 aliphatic heterocycles. The maximum Gasteiger partial charge on any atom is 0.266 e. The summed E-state index contributed by atoms with van der Waals surface area (Å²) >= 11 is 11.7. The molecular weight excluding hydrogens is 379 g/mol. The molecule has 0 atom stereocenters. The molecule has 2 aromatic rings. The number of ether oxygens (including phenoxy) is 2. The van der Waals surface area contributed by atoms with Crippen molar-refractivity contribution in [2.75, 3.05) is 19.5 Å². The van der Waals surface area contributed by atoms with Gasteiger partial charge in [0.1, 0.15) is 11.6 Å². The summed E-state index contributed by atoms with van der Waals surface area (Å²) in [7, 11) is 2.76. The Balaban J connectivity index is 2.33. The molecule has 0 saturated heterocycles. The number of nitrogens with one attached hydrogen (secondary N) is 1. The van der Waals surface area contributed by atoms with E-state index in [1.165, 1.54) is 44.6 Å². The first-order valence-electron chi connectivity index (χ1n) is 7.22. The van der Waals surface area contributed by atoms with Crippen molar-refractivity contribution in [3.05, 3.63) is 51.5 Å². The third kappa shape index (κ3) is 4.39. The summed E-state index contributed by atoms with van der Waals surface area (Å²) in [5.74, 6) is -0.502. The van der Waals surface area contributed by atoms with Crippen molar-refractivity contribution < 1.29 is 19.4 Å². The molecule has 0 bridgehead atoms. The largest absolute Gasteiger partial charge is 0.502 e. The zero-order valence-electron chi connectivity index (χ0n) is 13.8. The molecule has 8 heteroatoms. The third-order valence-electron chi connectivity index (χ3n) is 3.36. The van der Waals surface area contributed by atoms with E-state index in [4.69, 9.17) is 32.7 Å². The van der Waals surface area contributed by atoms with Gasteiger partial charge in [-0.25, -0.2) is 0 Å². The summed E-state index contributed by atoms with van der Waals surface area (Å²) in [5.41, 5.74) is 0.676. The van der Waals surface area contributed by atoms with Crippen LogP contribution in [0, 0.1) is 11.3 Å². The lowest BCUT2D eigenvalue weighted by molar-refractivity contribution is -0.112. The van der Waals surface area contributed by atoms with Crippen LogP contribution < -0.4 is 14.8 Å². The SMILES string of the molecule is COc1cc(/C=C(/C#N)C(=O)Nc2ccc(Cl)c(Cl)c2)cc(OC)c1O. The minimum absolute atomic E-state index is 0.151. The quantitative estimate of drug-likeness (QED) is 0.585. The molecule has 0 radical (unpaired) electrons. The van der Waals surface area contributed by atoms with Crippen LogP contribution in [0.5, 0.6) is 17.2 Å². The topological polar surface area (TPSA) is 91.6 Å². The van der Waals surface area contributed by atoms with Crippen molar-refractivity contribution in [1.29, 1.82) is 5.26 Å². The van der Waals surface area contributed by atoms with Crippen LogP contribution in [0.2, 0.25) is 10.0 Å². The number of phenolic OH excluding ortho intramolecular Hbond substituents is 1. The van der Waals surface area contributed by atoms with Crippen LogP contribution >= 0.6 is 23.2 Å². The average Bonchev–Trinajstić information content (AvgIpc) is 2.63. The standard InChI is InChI=1S/C18H14Cl2N2O4/c1-25-15-6-10(7-16(26-2)17(15)23)5-11(9-21)18(24)22-12-3-4-13(19)14(20)8-12/h3-8,23H,1-2H3,(H,22,24)/b11-5-. The normalized spacial score (nSPS) is 10.8. The number of halogens is 2. The molecule has 2 N–H and O–H groups in total. The lowest BCUT2D eigenvalue weighted by Gasteiger charge is -2.10. The van der Waals surface area contributed by atoms with Gasteiger partial charge in [0.15, 0.2) is 11.5 Å². The second-order valence-electron chi connectivity index (χ2n) is 5.03. The van der Waals surface area contributed by atoms with E-state index >= 15 is 0 Å². The second-order valence-corrected chi connectivity index (χ2v) is 5.84. The Morgan fingerprint density at radius 2 is 1.77 bits per heavy atom. The highest BCUT2D eigenvalue weighted by molar-refractivity contribution is 6.42. The first kappa shape index (κ1) is 19.4. The first-order valence-corrected chi connectivity index (χ1v) is 7.98. The maximum absolute atomic E-state index is 12.3. The summed E-state index contributed by atoms with van der Waals surface area (Å²) in [6.07, 6.45) is 1.34. The number of aromatic hydroxyl groups is 1. The molecule has 0 unspecified atom stereocenters. The fourth-order valence-electron chi connectivity index (χ4n) is 2.08. The molecule has 0 spiro atoms. The van der Waals surface area contributed by atoms with Crippen LogP contribution in [0.25, 0.3) is 6.08 Å². The molecule has 0 saturated carbocycles. The Hall–Kier alpha value is -2.88. The monoisotopic (exact) mass is 392 g/mol. The number of phenols is 1. The van der Waals surface area contributed by atoms with Gasteiger partial charge in [0.05, 0.1) is 24.3 Å². The molecule has 0 heterocycles. The maximum atomic E-state index is 12.3. The molecule has 0 aliphatic rings. The number of methoxy groups -OCH3 is 2. The number of nitrogens with zero attached hydrogens (tertiary/aromatic N) is 1. The van der Waals surface area contributed by atoms with Crippen LogP contribution in [0.3, 0.4) is 0 Å². The number of hydrogen-bond acceptors (Lipinski definition) is 5. The van der Waals surface area contributed by atoms with E-state index in [9.17, 15) is 15.2 Å². The summed E-state index contributed by atoms with van der Waals surface area (Å²) in [5, 5.41) is 22.4. The lowest BCUT2D eigenvalue weighted by atomic mass is 10.1. The van der Waals surface area contributed by atoms with E-state index in [1.54, 1.807) is 6.07 Å². The smallest absolute Gasteiger partial charge is 0.266 e. The Morgan fingerprint density at radius 1 is 1.15 bits per heavy atom. The van der Waals surface area contributed by atoms with Crippen molar-refractivity contribution in [3.63, 3.8) is 0 Å². The zero-order valence-corrected chi connectivity index (χ0v) is 15.4. The van der Waals surface area contributed by atoms with Crippen LogP contribution in [-0.4, -0.2) is 25.2 Å². The van der Waals surface area contributed by atoms with Crippen molar-refractivity contribution in [1.82, 2.24) is 0 Å². The summed E-state index contributed by atoms with van der Waals surface area (Å²) in [6, 6.07) is 9.35. The molecule has 2 rings (SSSR count). The molecule has 1 amide bonds. The highest BCUT2D eigenvalue weighted by atomic mass is 35.5. The number of benzene rings is 2. The summed E-state index contributed by atoms with van der Waals surface area (Å²) in [6.45, 7) is 0. The summed E-state index contributed by atoms with van der Waals surface area (Å²) < 4.78 is 10.1. The predicted octanol–water partition coefficient (Wildman–Crippen LogP) is 4.26. The predicted molar refractivity (Wildman–Crippen MR) is 99.9 cm³/mol. The van der Waals surface area contributed by atoms with E-state index in [-0.39, 0.29) is 27.8 Å². The molecule has 0 aliphatic carbocycles. The fraction of sp³-hybridized carbons (Fsp3) is 0.111. The number of carbonyl (C=O) groups excluding carboxylic acids is 1. The minimum Gasteiger partial charge on any atom is -0.502 e. The number of hydrogen-bond donors (Lipinski definition) is 2. The highest BCUT2D eigenvalue weighted by Crippen LogP contribution is 2.37. The van der Waals surface area contributed by atoms with Gasteiger partial charge in [-0.1, -0.05) is 23.2 Å². The fourth-order valence-corrected chi connectivity index (χ4v) is 2.38. The van der Waals surface area contributed by atoms with Gasteiger partial charge in [-0.3, -0.25) is 4.79 Å². The van der Waals surface area contributed by atoms with Gasteiger partial charge in [-0.05, 0) is 42.0 Å². The third-order valence-corrected chi connectivity index (χ3v) is 4.09. The molecule has 134 valence electrons. The minimum atomic E-state index is -0.628. The number of anilines is 1. The van der Waals surface area contributed by atoms with Crippen molar-refractivity contribution in [2.45, 2.75) is 0 Å². The van der Waals surface area contributed by atoms with Crippen molar-refractivity contribution in [2.24, 2.45) is 0 Å². The summed E-state index contributed by atoms with van der Waals surface area (Å²) in [4.78, 5) is 12.3. The van der Waals surface area contributed by atoms with Crippen LogP contribution in [0.1, 0.15) is 5.56 Å². The first-order chi connectivity index (χ1) is 12.4. The average molecular weight is 393 g/mol. The van der Waals surface area contributed by atoms with Crippen molar-refractivity contribution >= 4 is 40.9 Å².